The van der Waals surface area contributed by atoms with Crippen molar-refractivity contribution in [2.24, 2.45) is 5.92 Å². The smallest absolute Gasteiger partial charge is 0.0499 e. The van der Waals surface area contributed by atoms with Gasteiger partial charge in [0.05, 0.1) is 0 Å². The van der Waals surface area contributed by atoms with Crippen molar-refractivity contribution in [1.29, 1.82) is 0 Å². The second kappa shape index (κ2) is 6.70. The third-order valence-electron chi connectivity index (χ3n) is 3.20. The van der Waals surface area contributed by atoms with Crippen molar-refractivity contribution < 1.29 is 5.11 Å². The van der Waals surface area contributed by atoms with Gasteiger partial charge in [0.15, 0.2) is 0 Å². The van der Waals surface area contributed by atoms with E-state index in [1.54, 1.807) is 0 Å². The van der Waals surface area contributed by atoms with Gasteiger partial charge in [0.25, 0.3) is 0 Å². The van der Waals surface area contributed by atoms with Crippen LogP contribution in [0.1, 0.15) is 50.2 Å². The zero-order valence-corrected chi connectivity index (χ0v) is 10.7. The molecule has 1 rings (SSSR count). The quantitative estimate of drug-likeness (QED) is 0.771. The summed E-state index contributed by atoms with van der Waals surface area (Å²) in [5, 5.41) is 9.49. The normalized spacial score (nSPS) is 14.8. The Morgan fingerprint density at radius 2 is 2.06 bits per heavy atom. The van der Waals surface area contributed by atoms with Gasteiger partial charge in [0, 0.05) is 12.5 Å². The monoisotopic (exact) mass is 220 g/mol. The van der Waals surface area contributed by atoms with Crippen molar-refractivity contribution in [2.75, 3.05) is 6.61 Å². The third-order valence-corrected chi connectivity index (χ3v) is 3.20. The molecule has 1 N–H and O–H groups in total. The van der Waals surface area contributed by atoms with Gasteiger partial charge in [-0.05, 0) is 24.8 Å². The average molecular weight is 220 g/mol. The summed E-state index contributed by atoms with van der Waals surface area (Å²) in [5.41, 5.74) is 2.56. The summed E-state index contributed by atoms with van der Waals surface area (Å²) in [4.78, 5) is 0. The molecular weight excluding hydrogens is 196 g/mol. The van der Waals surface area contributed by atoms with E-state index in [0.717, 1.165) is 6.42 Å². The minimum atomic E-state index is 0.261. The molecule has 90 valence electrons. The van der Waals surface area contributed by atoms with Crippen LogP contribution in [0.5, 0.6) is 0 Å². The average Bonchev–Trinajstić information content (AvgIpc) is 2.26. The van der Waals surface area contributed by atoms with E-state index in [1.165, 1.54) is 24.0 Å². The van der Waals surface area contributed by atoms with Crippen molar-refractivity contribution in [3.05, 3.63) is 35.4 Å². The molecule has 16 heavy (non-hydrogen) atoms. The molecule has 0 aromatic heterocycles. The Kier molecular flexibility index (Phi) is 5.54. The lowest BCUT2D eigenvalue weighted by Gasteiger charge is -2.19. The minimum Gasteiger partial charge on any atom is -0.396 e. The molecule has 0 bridgehead atoms. The van der Waals surface area contributed by atoms with Crippen LogP contribution in [0.2, 0.25) is 0 Å². The zero-order valence-electron chi connectivity index (χ0n) is 10.7. The highest BCUT2D eigenvalue weighted by atomic mass is 16.3. The fraction of sp³-hybridized carbons (Fsp3) is 0.600. The maximum Gasteiger partial charge on any atom is 0.0499 e. The standard InChI is InChI=1S/C15H24O/c1-4-6-12(2)10-15(11-16)14-8-5-7-13(3)9-14/h5,7-9,12,15-16H,4,6,10-11H2,1-3H3. The molecule has 2 unspecified atom stereocenters. The highest BCUT2D eigenvalue weighted by Crippen LogP contribution is 2.26. The molecule has 0 saturated heterocycles. The van der Waals surface area contributed by atoms with Crippen molar-refractivity contribution in [3.8, 4) is 0 Å². The van der Waals surface area contributed by atoms with Crippen LogP contribution in [0, 0.1) is 12.8 Å². The second-order valence-electron chi connectivity index (χ2n) is 4.92. The van der Waals surface area contributed by atoms with E-state index in [4.69, 9.17) is 0 Å². The molecular formula is C15H24O. The fourth-order valence-corrected chi connectivity index (χ4v) is 2.34. The van der Waals surface area contributed by atoms with Gasteiger partial charge in [-0.3, -0.25) is 0 Å². The van der Waals surface area contributed by atoms with Gasteiger partial charge in [-0.15, -0.1) is 0 Å². The topological polar surface area (TPSA) is 20.2 Å². The molecule has 0 aliphatic rings. The number of hydrogen-bond acceptors (Lipinski definition) is 1. The first-order chi connectivity index (χ1) is 7.67. The Morgan fingerprint density at radius 3 is 2.62 bits per heavy atom. The van der Waals surface area contributed by atoms with E-state index in [2.05, 4.69) is 45.0 Å². The minimum absolute atomic E-state index is 0.261. The van der Waals surface area contributed by atoms with Crippen LogP contribution >= 0.6 is 0 Å². The van der Waals surface area contributed by atoms with E-state index in [-0.39, 0.29) is 6.61 Å². The molecule has 0 spiro atoms. The molecule has 0 heterocycles. The Hall–Kier alpha value is -0.820. The Balaban J connectivity index is 2.67. The first-order valence-corrected chi connectivity index (χ1v) is 6.34. The van der Waals surface area contributed by atoms with E-state index in [1.807, 2.05) is 0 Å². The molecule has 1 aromatic rings. The van der Waals surface area contributed by atoms with Gasteiger partial charge in [-0.1, -0.05) is 56.5 Å². The van der Waals surface area contributed by atoms with E-state index >= 15 is 0 Å². The number of aliphatic hydroxyl groups excluding tert-OH is 1. The van der Waals surface area contributed by atoms with Crippen LogP contribution in [0.25, 0.3) is 0 Å². The lowest BCUT2D eigenvalue weighted by atomic mass is 9.87. The van der Waals surface area contributed by atoms with Crippen molar-refractivity contribution >= 4 is 0 Å². The molecule has 0 aliphatic heterocycles. The zero-order chi connectivity index (χ0) is 12.0. The number of benzene rings is 1. The summed E-state index contributed by atoms with van der Waals surface area (Å²) >= 11 is 0. The van der Waals surface area contributed by atoms with Crippen molar-refractivity contribution in [2.45, 2.75) is 46.0 Å². The summed E-state index contributed by atoms with van der Waals surface area (Å²) in [6.45, 7) is 6.87. The van der Waals surface area contributed by atoms with Gasteiger partial charge >= 0.3 is 0 Å². The van der Waals surface area contributed by atoms with Crippen LogP contribution in [0.4, 0.5) is 0 Å². The largest absolute Gasteiger partial charge is 0.396 e. The van der Waals surface area contributed by atoms with E-state index < -0.39 is 0 Å². The summed E-state index contributed by atoms with van der Waals surface area (Å²) < 4.78 is 0. The first kappa shape index (κ1) is 13.2. The van der Waals surface area contributed by atoms with Gasteiger partial charge in [0.2, 0.25) is 0 Å². The maximum atomic E-state index is 9.49. The molecule has 1 aromatic carbocycles. The highest BCUT2D eigenvalue weighted by molar-refractivity contribution is 5.25. The number of aryl methyl sites for hydroxylation is 1. The van der Waals surface area contributed by atoms with Gasteiger partial charge < -0.3 is 5.11 Å². The summed E-state index contributed by atoms with van der Waals surface area (Å²) in [6, 6.07) is 8.51. The molecule has 0 fully saturated rings. The summed E-state index contributed by atoms with van der Waals surface area (Å²) in [7, 11) is 0. The van der Waals surface area contributed by atoms with E-state index in [0.29, 0.717) is 11.8 Å². The lowest BCUT2D eigenvalue weighted by Crippen LogP contribution is -2.09. The molecule has 2 atom stereocenters. The second-order valence-corrected chi connectivity index (χ2v) is 4.92. The van der Waals surface area contributed by atoms with Crippen molar-refractivity contribution in [3.63, 3.8) is 0 Å². The molecule has 0 amide bonds. The van der Waals surface area contributed by atoms with Crippen LogP contribution < -0.4 is 0 Å². The fourth-order valence-electron chi connectivity index (χ4n) is 2.34. The van der Waals surface area contributed by atoms with Crippen LogP contribution in [-0.2, 0) is 0 Å². The predicted octanol–water partition coefficient (Wildman–Crippen LogP) is 3.90. The Labute approximate surface area is 99.5 Å². The number of rotatable bonds is 6. The number of aliphatic hydroxyl groups is 1. The predicted molar refractivity (Wildman–Crippen MR) is 69.7 cm³/mol. The maximum absolute atomic E-state index is 9.49. The van der Waals surface area contributed by atoms with Crippen LogP contribution in [0.15, 0.2) is 24.3 Å². The Bertz CT molecular complexity index is 306. The molecule has 0 radical (unpaired) electrons. The van der Waals surface area contributed by atoms with E-state index in [9.17, 15) is 5.11 Å². The summed E-state index contributed by atoms with van der Waals surface area (Å²) in [6.07, 6.45) is 3.57. The van der Waals surface area contributed by atoms with Gasteiger partial charge in [0.1, 0.15) is 0 Å². The molecule has 0 aliphatic carbocycles. The SMILES string of the molecule is CCCC(C)CC(CO)c1cccc(C)c1. The van der Waals surface area contributed by atoms with Gasteiger partial charge in [-0.25, -0.2) is 0 Å². The van der Waals surface area contributed by atoms with Crippen LogP contribution in [-0.4, -0.2) is 11.7 Å². The molecule has 1 heteroatoms. The van der Waals surface area contributed by atoms with Gasteiger partial charge in [-0.2, -0.15) is 0 Å². The Morgan fingerprint density at radius 1 is 1.31 bits per heavy atom. The number of hydrogen-bond donors (Lipinski definition) is 1. The van der Waals surface area contributed by atoms with Crippen molar-refractivity contribution in [1.82, 2.24) is 0 Å². The molecule has 0 saturated carbocycles. The molecule has 1 nitrogen and oxygen atoms in total. The third kappa shape index (κ3) is 3.97. The van der Waals surface area contributed by atoms with Crippen LogP contribution in [0.3, 0.4) is 0 Å². The first-order valence-electron chi connectivity index (χ1n) is 6.34. The summed E-state index contributed by atoms with van der Waals surface area (Å²) in [5.74, 6) is 1.00. The highest BCUT2D eigenvalue weighted by Gasteiger charge is 2.14. The lowest BCUT2D eigenvalue weighted by molar-refractivity contribution is 0.243.